The van der Waals surface area contributed by atoms with Crippen molar-refractivity contribution in [2.24, 2.45) is 0 Å². The number of hydrogen-bond donors (Lipinski definition) is 1. The van der Waals surface area contributed by atoms with Crippen molar-refractivity contribution in [2.45, 2.75) is 51.1 Å². The van der Waals surface area contributed by atoms with E-state index < -0.39 is 15.9 Å². The number of anilines is 1. The maximum Gasteiger partial charge on any atom is 0.281 e. The van der Waals surface area contributed by atoms with Gasteiger partial charge < -0.3 is 5.32 Å². The fourth-order valence-electron chi connectivity index (χ4n) is 5.72. The number of amides is 1. The molecule has 0 radical (unpaired) electrons. The largest absolute Gasteiger partial charge is 0.313 e. The van der Waals surface area contributed by atoms with Gasteiger partial charge in [-0.2, -0.15) is 9.40 Å². The summed E-state index contributed by atoms with van der Waals surface area (Å²) in [6, 6.07) is 18.1. The Morgan fingerprint density at radius 1 is 0.976 bits per heavy atom. The lowest BCUT2D eigenvalue weighted by molar-refractivity contribution is 0.0942. The highest BCUT2D eigenvalue weighted by Crippen LogP contribution is 2.38. The fraction of sp³-hybridized carbons (Fsp3) is 0.323. The monoisotopic (exact) mass is 603 g/mol. The highest BCUT2D eigenvalue weighted by molar-refractivity contribution is 7.89. The van der Waals surface area contributed by atoms with E-state index in [1.807, 2.05) is 38.1 Å². The second kappa shape index (κ2) is 11.6. The molecule has 0 aliphatic carbocycles. The standard InChI is InChI=1S/C31H33N5O4S2/c1-21-18-22(2)36(33-21)31(38)28-26-14-17-34(19-23-8-4-3-5-9-23)20-27(26)41-30(28)32-29(37)24-10-12-25(13-11-24)42(39,40)35-15-6-7-16-35/h3-5,8-13,18H,6-7,14-17,19-20H2,1-2H3,(H,32,37). The predicted molar refractivity (Wildman–Crippen MR) is 162 cm³/mol. The van der Waals surface area contributed by atoms with Crippen LogP contribution in [0.15, 0.2) is 65.6 Å². The Morgan fingerprint density at radius 2 is 1.69 bits per heavy atom. The lowest BCUT2D eigenvalue weighted by atomic mass is 10.0. The highest BCUT2D eigenvalue weighted by Gasteiger charge is 2.31. The predicted octanol–water partition coefficient (Wildman–Crippen LogP) is 4.85. The van der Waals surface area contributed by atoms with Crippen LogP contribution in [0.4, 0.5) is 5.00 Å². The zero-order chi connectivity index (χ0) is 29.4. The SMILES string of the molecule is Cc1cc(C)n(C(=O)c2c(NC(=O)c3ccc(S(=O)(=O)N4CCCC4)cc3)sc3c2CCN(Cc2ccccc2)C3)n1. The molecule has 2 aliphatic rings. The molecule has 0 saturated carbocycles. The smallest absolute Gasteiger partial charge is 0.281 e. The van der Waals surface area contributed by atoms with Gasteiger partial charge in [0.2, 0.25) is 10.0 Å². The van der Waals surface area contributed by atoms with E-state index in [0.29, 0.717) is 42.2 Å². The van der Waals surface area contributed by atoms with Crippen molar-refractivity contribution < 1.29 is 18.0 Å². The van der Waals surface area contributed by atoms with Crippen molar-refractivity contribution in [3.63, 3.8) is 0 Å². The first-order chi connectivity index (χ1) is 20.2. The molecule has 42 heavy (non-hydrogen) atoms. The molecule has 11 heteroatoms. The normalized spacial score (nSPS) is 16.0. The summed E-state index contributed by atoms with van der Waals surface area (Å²) in [5.41, 5.74) is 4.43. The Balaban J connectivity index is 1.28. The number of carbonyl (C=O) groups is 2. The molecule has 9 nitrogen and oxygen atoms in total. The van der Waals surface area contributed by atoms with Crippen LogP contribution in [0.5, 0.6) is 0 Å². The van der Waals surface area contributed by atoms with Crippen molar-refractivity contribution >= 4 is 38.2 Å². The summed E-state index contributed by atoms with van der Waals surface area (Å²) in [6.07, 6.45) is 2.39. The molecule has 1 fully saturated rings. The van der Waals surface area contributed by atoms with Gasteiger partial charge in [-0.25, -0.2) is 13.1 Å². The molecule has 0 spiro atoms. The van der Waals surface area contributed by atoms with Crippen LogP contribution in [0.2, 0.25) is 0 Å². The zero-order valence-corrected chi connectivity index (χ0v) is 25.3. The number of sulfonamides is 1. The number of rotatable bonds is 7. The number of carbonyl (C=O) groups excluding carboxylic acids is 2. The van der Waals surface area contributed by atoms with Crippen LogP contribution in [-0.2, 0) is 29.5 Å². The van der Waals surface area contributed by atoms with Gasteiger partial charge >= 0.3 is 0 Å². The van der Waals surface area contributed by atoms with Gasteiger partial charge in [-0.15, -0.1) is 11.3 Å². The molecular weight excluding hydrogens is 571 g/mol. The van der Waals surface area contributed by atoms with Crippen molar-refractivity contribution in [1.29, 1.82) is 0 Å². The van der Waals surface area contributed by atoms with Crippen LogP contribution in [-0.4, -0.2) is 58.9 Å². The molecule has 4 heterocycles. The quantitative estimate of drug-likeness (QED) is 0.324. The molecule has 1 saturated heterocycles. The number of hydrogen-bond acceptors (Lipinski definition) is 7. The van der Waals surface area contributed by atoms with E-state index in [1.54, 1.807) is 0 Å². The molecule has 0 unspecified atom stereocenters. The first-order valence-electron chi connectivity index (χ1n) is 14.1. The minimum absolute atomic E-state index is 0.173. The number of nitrogens with zero attached hydrogens (tertiary/aromatic N) is 4. The van der Waals surface area contributed by atoms with Gasteiger partial charge in [0.05, 0.1) is 16.2 Å². The third kappa shape index (κ3) is 5.57. The van der Waals surface area contributed by atoms with Gasteiger partial charge in [0.1, 0.15) is 5.00 Å². The van der Waals surface area contributed by atoms with Crippen LogP contribution < -0.4 is 5.32 Å². The molecule has 0 bridgehead atoms. The van der Waals surface area contributed by atoms with E-state index in [0.717, 1.165) is 47.8 Å². The molecule has 4 aromatic rings. The average Bonchev–Trinajstić information content (AvgIpc) is 3.72. The van der Waals surface area contributed by atoms with Crippen molar-refractivity contribution in [3.8, 4) is 0 Å². The maximum absolute atomic E-state index is 13.9. The molecule has 1 amide bonds. The van der Waals surface area contributed by atoms with Gasteiger partial charge in [-0.3, -0.25) is 14.5 Å². The van der Waals surface area contributed by atoms with E-state index in [-0.39, 0.29) is 10.8 Å². The van der Waals surface area contributed by atoms with E-state index in [9.17, 15) is 18.0 Å². The van der Waals surface area contributed by atoms with Crippen LogP contribution in [0.25, 0.3) is 0 Å². The molecule has 2 aliphatic heterocycles. The summed E-state index contributed by atoms with van der Waals surface area (Å²) in [5.74, 6) is -0.667. The third-order valence-electron chi connectivity index (χ3n) is 7.85. The second-order valence-electron chi connectivity index (χ2n) is 10.9. The third-order valence-corrected chi connectivity index (χ3v) is 10.9. The summed E-state index contributed by atoms with van der Waals surface area (Å²) in [6.45, 7) is 6.98. The topological polar surface area (TPSA) is 105 Å². The van der Waals surface area contributed by atoms with Crippen LogP contribution in [0, 0.1) is 13.8 Å². The van der Waals surface area contributed by atoms with Gasteiger partial charge in [-0.1, -0.05) is 30.3 Å². The molecule has 2 aromatic carbocycles. The minimum Gasteiger partial charge on any atom is -0.313 e. The summed E-state index contributed by atoms with van der Waals surface area (Å²) < 4.78 is 28.7. The summed E-state index contributed by atoms with van der Waals surface area (Å²) >= 11 is 1.42. The first kappa shape index (κ1) is 28.5. The van der Waals surface area contributed by atoms with Crippen LogP contribution in [0.1, 0.15) is 60.9 Å². The molecule has 0 atom stereocenters. The fourth-order valence-corrected chi connectivity index (χ4v) is 8.51. The molecule has 2 aromatic heterocycles. The Kier molecular flexibility index (Phi) is 7.84. The number of nitrogens with one attached hydrogen (secondary N) is 1. The zero-order valence-electron chi connectivity index (χ0n) is 23.7. The molecule has 6 rings (SSSR count). The lowest BCUT2D eigenvalue weighted by Crippen LogP contribution is -2.30. The van der Waals surface area contributed by atoms with Crippen molar-refractivity contribution in [2.75, 3.05) is 25.0 Å². The van der Waals surface area contributed by atoms with E-state index in [2.05, 4.69) is 27.4 Å². The number of fused-ring (bicyclic) bond motifs is 1. The Morgan fingerprint density at radius 3 is 2.36 bits per heavy atom. The number of aryl methyl sites for hydroxylation is 2. The van der Waals surface area contributed by atoms with Crippen molar-refractivity contribution in [3.05, 3.63) is 99.2 Å². The molecular formula is C31H33N5O4S2. The van der Waals surface area contributed by atoms with E-state index in [1.165, 1.54) is 50.2 Å². The summed E-state index contributed by atoms with van der Waals surface area (Å²) in [4.78, 5) is 30.9. The Hall–Kier alpha value is -3.64. The second-order valence-corrected chi connectivity index (χ2v) is 13.9. The maximum atomic E-state index is 13.9. The first-order valence-corrected chi connectivity index (χ1v) is 16.4. The Labute approximate surface area is 249 Å². The highest BCUT2D eigenvalue weighted by atomic mass is 32.2. The van der Waals surface area contributed by atoms with Gasteiger partial charge in [-0.05, 0) is 74.6 Å². The van der Waals surface area contributed by atoms with Gasteiger partial charge in [0.15, 0.2) is 0 Å². The number of benzene rings is 2. The van der Waals surface area contributed by atoms with Crippen LogP contribution in [0.3, 0.4) is 0 Å². The van der Waals surface area contributed by atoms with Crippen LogP contribution >= 0.6 is 11.3 Å². The lowest BCUT2D eigenvalue weighted by Gasteiger charge is -2.27. The summed E-state index contributed by atoms with van der Waals surface area (Å²) in [5, 5.41) is 7.88. The van der Waals surface area contributed by atoms with Gasteiger partial charge in [0, 0.05) is 48.9 Å². The van der Waals surface area contributed by atoms with Crippen molar-refractivity contribution in [1.82, 2.24) is 19.0 Å². The van der Waals surface area contributed by atoms with Gasteiger partial charge in [0.25, 0.3) is 11.8 Å². The summed E-state index contributed by atoms with van der Waals surface area (Å²) in [7, 11) is -3.58. The number of thiophene rings is 1. The van der Waals surface area contributed by atoms with E-state index >= 15 is 0 Å². The minimum atomic E-state index is -3.58. The van der Waals surface area contributed by atoms with E-state index in [4.69, 9.17) is 0 Å². The average molecular weight is 604 g/mol. The number of aromatic nitrogens is 2. The molecule has 218 valence electrons. The Bertz CT molecular complexity index is 1740. The molecule has 1 N–H and O–H groups in total.